The normalized spacial score (nSPS) is 14.1. The van der Waals surface area contributed by atoms with Gasteiger partial charge in [-0.15, -0.1) is 11.3 Å². The van der Waals surface area contributed by atoms with Crippen molar-refractivity contribution >= 4 is 46.7 Å². The number of thiophene rings is 1. The van der Waals surface area contributed by atoms with Gasteiger partial charge in [0.1, 0.15) is 0 Å². The highest BCUT2D eigenvalue weighted by molar-refractivity contribution is 7.14. The summed E-state index contributed by atoms with van der Waals surface area (Å²) in [6.45, 7) is 0. The number of rotatable bonds is 3. The van der Waals surface area contributed by atoms with Crippen LogP contribution in [0.25, 0.3) is 0 Å². The van der Waals surface area contributed by atoms with Crippen molar-refractivity contribution in [3.63, 3.8) is 0 Å². The number of nitrogens with one attached hydrogen (secondary N) is 1. The third-order valence-corrected chi connectivity index (χ3v) is 5.64. The molecule has 1 N–H and O–H groups in total. The van der Waals surface area contributed by atoms with Crippen molar-refractivity contribution < 1.29 is 4.79 Å². The molecule has 6 heteroatoms. The zero-order chi connectivity index (χ0) is 15.5. The summed E-state index contributed by atoms with van der Waals surface area (Å²) in [5.41, 5.74) is 4.52. The number of aryl methyl sites for hydroxylation is 2. The smallest absolute Gasteiger partial charge is 0.266 e. The minimum atomic E-state index is -0.186. The standard InChI is InChI=1S/C16H14Cl2N2OS/c17-12-6-3-5-11(15(12)18)9-19-20-16(21)14-8-10-4-1-2-7-13(10)22-14/h3,5-6,8-9H,1-2,4,7H2,(H,20,21)/b19-9+. The Labute approximate surface area is 142 Å². The van der Waals surface area contributed by atoms with Crippen molar-refractivity contribution in [3.05, 3.63) is 55.2 Å². The first-order valence-corrected chi connectivity index (χ1v) is 8.61. The molecule has 0 radical (unpaired) electrons. The van der Waals surface area contributed by atoms with E-state index in [1.165, 1.54) is 29.5 Å². The topological polar surface area (TPSA) is 41.5 Å². The lowest BCUT2D eigenvalue weighted by Gasteiger charge is -2.08. The highest BCUT2D eigenvalue weighted by Gasteiger charge is 2.16. The summed E-state index contributed by atoms with van der Waals surface area (Å²) in [6.07, 6.45) is 6.06. The second kappa shape index (κ2) is 6.82. The first-order valence-electron chi connectivity index (χ1n) is 7.04. The van der Waals surface area contributed by atoms with E-state index in [0.717, 1.165) is 12.8 Å². The van der Waals surface area contributed by atoms with Crippen molar-refractivity contribution in [1.29, 1.82) is 0 Å². The Morgan fingerprint density at radius 3 is 2.91 bits per heavy atom. The average molecular weight is 353 g/mol. The van der Waals surface area contributed by atoms with Gasteiger partial charge in [-0.3, -0.25) is 4.79 Å². The van der Waals surface area contributed by atoms with E-state index >= 15 is 0 Å². The fourth-order valence-electron chi connectivity index (χ4n) is 2.44. The number of halogens is 2. The van der Waals surface area contributed by atoms with Crippen LogP contribution in [0.4, 0.5) is 0 Å². The molecule has 3 rings (SSSR count). The van der Waals surface area contributed by atoms with Gasteiger partial charge in [0.05, 0.1) is 21.1 Å². The fourth-order valence-corrected chi connectivity index (χ4v) is 3.94. The minimum Gasteiger partial charge on any atom is -0.266 e. The van der Waals surface area contributed by atoms with Gasteiger partial charge in [0.25, 0.3) is 5.91 Å². The van der Waals surface area contributed by atoms with Crippen LogP contribution >= 0.6 is 34.5 Å². The molecule has 0 spiro atoms. The number of hydrazone groups is 1. The maximum atomic E-state index is 12.1. The van der Waals surface area contributed by atoms with E-state index in [9.17, 15) is 4.79 Å². The van der Waals surface area contributed by atoms with Gasteiger partial charge in [0.15, 0.2) is 0 Å². The molecule has 1 aromatic carbocycles. The van der Waals surface area contributed by atoms with E-state index < -0.39 is 0 Å². The summed E-state index contributed by atoms with van der Waals surface area (Å²) >= 11 is 13.6. The molecule has 0 fully saturated rings. The van der Waals surface area contributed by atoms with Gasteiger partial charge in [-0.05, 0) is 43.4 Å². The first kappa shape index (κ1) is 15.5. The molecule has 0 bridgehead atoms. The number of carbonyl (C=O) groups excluding carboxylic acids is 1. The van der Waals surface area contributed by atoms with Crippen LogP contribution in [0.3, 0.4) is 0 Å². The number of amides is 1. The summed E-state index contributed by atoms with van der Waals surface area (Å²) in [5.74, 6) is -0.186. The summed E-state index contributed by atoms with van der Waals surface area (Å²) < 4.78 is 0. The van der Waals surface area contributed by atoms with E-state index in [1.54, 1.807) is 29.5 Å². The van der Waals surface area contributed by atoms with Gasteiger partial charge in [-0.1, -0.05) is 35.3 Å². The van der Waals surface area contributed by atoms with Crippen molar-refractivity contribution in [1.82, 2.24) is 5.43 Å². The average Bonchev–Trinajstić information content (AvgIpc) is 2.95. The largest absolute Gasteiger partial charge is 0.281 e. The van der Waals surface area contributed by atoms with Gasteiger partial charge < -0.3 is 0 Å². The predicted octanol–water partition coefficient (Wildman–Crippen LogP) is 4.70. The Bertz CT molecular complexity index is 716. The van der Waals surface area contributed by atoms with Gasteiger partial charge >= 0.3 is 0 Å². The monoisotopic (exact) mass is 352 g/mol. The molecule has 0 saturated heterocycles. The van der Waals surface area contributed by atoms with Crippen LogP contribution in [0.15, 0.2) is 29.4 Å². The quantitative estimate of drug-likeness (QED) is 0.631. The molecule has 0 unspecified atom stereocenters. The van der Waals surface area contributed by atoms with Gasteiger partial charge in [0, 0.05) is 10.4 Å². The number of fused-ring (bicyclic) bond motifs is 1. The van der Waals surface area contributed by atoms with Crippen LogP contribution in [0.2, 0.25) is 10.0 Å². The zero-order valence-corrected chi connectivity index (χ0v) is 14.1. The summed E-state index contributed by atoms with van der Waals surface area (Å²) in [5, 5.41) is 4.85. The van der Waals surface area contributed by atoms with Crippen LogP contribution in [0.1, 0.15) is 38.5 Å². The van der Waals surface area contributed by atoms with Crippen LogP contribution < -0.4 is 5.43 Å². The molecule has 2 aromatic rings. The number of carbonyl (C=O) groups is 1. The third kappa shape index (κ3) is 3.35. The molecule has 1 aromatic heterocycles. The summed E-state index contributed by atoms with van der Waals surface area (Å²) in [4.78, 5) is 14.2. The maximum Gasteiger partial charge on any atom is 0.281 e. The van der Waals surface area contributed by atoms with Crippen molar-refractivity contribution in [2.24, 2.45) is 5.10 Å². The zero-order valence-electron chi connectivity index (χ0n) is 11.7. The molecule has 3 nitrogen and oxygen atoms in total. The molecule has 0 saturated carbocycles. The molecular weight excluding hydrogens is 339 g/mol. The third-order valence-electron chi connectivity index (χ3n) is 3.57. The summed E-state index contributed by atoms with van der Waals surface area (Å²) in [6, 6.07) is 7.25. The number of nitrogens with zero attached hydrogens (tertiary/aromatic N) is 1. The molecule has 1 heterocycles. The van der Waals surface area contributed by atoms with E-state index in [2.05, 4.69) is 10.5 Å². The van der Waals surface area contributed by atoms with E-state index in [1.807, 2.05) is 6.07 Å². The van der Waals surface area contributed by atoms with E-state index in [-0.39, 0.29) is 5.91 Å². The van der Waals surface area contributed by atoms with E-state index in [0.29, 0.717) is 20.5 Å². The molecule has 1 amide bonds. The molecule has 1 aliphatic rings. The van der Waals surface area contributed by atoms with Gasteiger partial charge in [0.2, 0.25) is 0 Å². The Morgan fingerprint density at radius 2 is 2.09 bits per heavy atom. The lowest BCUT2D eigenvalue weighted by molar-refractivity contribution is 0.0959. The van der Waals surface area contributed by atoms with Crippen molar-refractivity contribution in [2.75, 3.05) is 0 Å². The first-order chi connectivity index (χ1) is 10.6. The van der Waals surface area contributed by atoms with E-state index in [4.69, 9.17) is 23.2 Å². The van der Waals surface area contributed by atoms with Crippen LogP contribution in [-0.2, 0) is 12.8 Å². The minimum absolute atomic E-state index is 0.186. The SMILES string of the molecule is O=C(N/N=C/c1cccc(Cl)c1Cl)c1cc2c(s1)CCCC2. The Kier molecular flexibility index (Phi) is 4.81. The predicted molar refractivity (Wildman–Crippen MR) is 92.5 cm³/mol. The molecule has 0 atom stereocenters. The van der Waals surface area contributed by atoms with Crippen molar-refractivity contribution in [2.45, 2.75) is 25.7 Å². The fraction of sp³-hybridized carbons (Fsp3) is 0.250. The van der Waals surface area contributed by atoms with Crippen LogP contribution in [0.5, 0.6) is 0 Å². The molecule has 0 aliphatic heterocycles. The molecule has 1 aliphatic carbocycles. The molecule has 114 valence electrons. The van der Waals surface area contributed by atoms with Crippen molar-refractivity contribution in [3.8, 4) is 0 Å². The summed E-state index contributed by atoms with van der Waals surface area (Å²) in [7, 11) is 0. The Balaban J connectivity index is 1.68. The second-order valence-electron chi connectivity index (χ2n) is 5.11. The highest BCUT2D eigenvalue weighted by atomic mass is 35.5. The lowest BCUT2D eigenvalue weighted by Crippen LogP contribution is -2.16. The Morgan fingerprint density at radius 1 is 1.27 bits per heavy atom. The van der Waals surface area contributed by atoms with Crippen LogP contribution in [0, 0.1) is 0 Å². The molecule has 22 heavy (non-hydrogen) atoms. The number of hydrogen-bond donors (Lipinski definition) is 1. The van der Waals surface area contributed by atoms with Crippen LogP contribution in [-0.4, -0.2) is 12.1 Å². The number of hydrogen-bond acceptors (Lipinski definition) is 3. The number of benzene rings is 1. The lowest BCUT2D eigenvalue weighted by atomic mass is 9.99. The Hall–Kier alpha value is -1.36. The highest BCUT2D eigenvalue weighted by Crippen LogP contribution is 2.29. The molecular formula is C16H14Cl2N2OS. The van der Waals surface area contributed by atoms with Gasteiger partial charge in [-0.2, -0.15) is 5.10 Å². The second-order valence-corrected chi connectivity index (χ2v) is 7.03. The maximum absolute atomic E-state index is 12.1. The van der Waals surface area contributed by atoms with Gasteiger partial charge in [-0.25, -0.2) is 5.43 Å².